The molecule has 0 radical (unpaired) electrons. The number of hydrogen-bond acceptors (Lipinski definition) is 12. The van der Waals surface area contributed by atoms with Gasteiger partial charge in [-0.2, -0.15) is 9.97 Å². The van der Waals surface area contributed by atoms with Gasteiger partial charge in [0.05, 0.1) is 10.9 Å². The topological polar surface area (TPSA) is 142 Å². The summed E-state index contributed by atoms with van der Waals surface area (Å²) in [6, 6.07) is 8.24. The lowest BCUT2D eigenvalue weighted by molar-refractivity contribution is -0.134. The largest absolute Gasteiger partial charge is 0.508 e. The van der Waals surface area contributed by atoms with Gasteiger partial charge < -0.3 is 34.2 Å². The van der Waals surface area contributed by atoms with Crippen LogP contribution in [0.5, 0.6) is 17.6 Å². The van der Waals surface area contributed by atoms with Crippen LogP contribution in [-0.4, -0.2) is 111 Å². The number of nitrogens with one attached hydrogen (secondary N) is 1. The maximum atomic E-state index is 17.0. The van der Waals surface area contributed by atoms with Gasteiger partial charge in [-0.3, -0.25) is 14.7 Å². The second kappa shape index (κ2) is 16.5. The van der Waals surface area contributed by atoms with E-state index in [9.17, 15) is 14.3 Å². The lowest BCUT2D eigenvalue weighted by atomic mass is 9.61. The van der Waals surface area contributed by atoms with Crippen LogP contribution in [0.15, 0.2) is 41.1 Å². The first-order chi connectivity index (χ1) is 30.5. The third kappa shape index (κ3) is 7.79. The minimum Gasteiger partial charge on any atom is -0.508 e. The van der Waals surface area contributed by atoms with Gasteiger partial charge in [-0.15, -0.1) is 6.42 Å². The number of piperazine rings is 1. The Kier molecular flexibility index (Phi) is 10.9. The number of aromatic hydroxyl groups is 1. The van der Waals surface area contributed by atoms with Crippen molar-refractivity contribution in [1.82, 2.24) is 35.2 Å². The van der Waals surface area contributed by atoms with Crippen molar-refractivity contribution in [1.29, 1.82) is 0 Å². The molecule has 1 amide bonds. The predicted molar refractivity (Wildman–Crippen MR) is 234 cm³/mol. The zero-order valence-electron chi connectivity index (χ0n) is 36.1. The monoisotopic (exact) mass is 860 g/mol. The third-order valence-corrected chi connectivity index (χ3v) is 14.4. The number of pyridine rings is 1. The summed E-state index contributed by atoms with van der Waals surface area (Å²) in [6.45, 7) is 11.2. The Morgan fingerprint density at radius 3 is 2.57 bits per heavy atom. The first kappa shape index (κ1) is 41.4. The van der Waals surface area contributed by atoms with Crippen LogP contribution >= 0.6 is 0 Å². The molecule has 4 atom stereocenters. The van der Waals surface area contributed by atoms with Crippen LogP contribution in [0.3, 0.4) is 0 Å². The molecular weight excluding hydrogens is 807 g/mol. The van der Waals surface area contributed by atoms with Gasteiger partial charge >= 0.3 is 6.01 Å². The molecule has 7 heterocycles. The molecule has 2 aromatic carbocycles. The maximum Gasteiger partial charge on any atom is 0.319 e. The van der Waals surface area contributed by atoms with E-state index >= 15 is 4.39 Å². The van der Waals surface area contributed by atoms with Crippen LogP contribution in [0.2, 0.25) is 0 Å². The highest BCUT2D eigenvalue weighted by atomic mass is 19.1. The number of piperidine rings is 1. The van der Waals surface area contributed by atoms with E-state index in [-0.39, 0.29) is 74.8 Å². The summed E-state index contributed by atoms with van der Waals surface area (Å²) in [4.78, 5) is 34.0. The highest BCUT2D eigenvalue weighted by molar-refractivity contribution is 6.03. The fraction of sp³-hybridized carbons (Fsp3) is 0.521. The smallest absolute Gasteiger partial charge is 0.319 e. The molecule has 10 rings (SSSR count). The Morgan fingerprint density at radius 2 is 1.86 bits per heavy atom. The molecule has 15 heteroatoms. The van der Waals surface area contributed by atoms with Gasteiger partial charge in [-0.1, -0.05) is 25.8 Å². The van der Waals surface area contributed by atoms with E-state index in [1.807, 2.05) is 24.8 Å². The van der Waals surface area contributed by atoms with Gasteiger partial charge in [0, 0.05) is 67.5 Å². The van der Waals surface area contributed by atoms with E-state index < -0.39 is 11.6 Å². The Balaban J connectivity index is 0.806. The molecule has 1 spiro atoms. The van der Waals surface area contributed by atoms with Crippen LogP contribution < -0.4 is 19.7 Å². The second-order valence-corrected chi connectivity index (χ2v) is 18.9. The molecule has 2 N–H and O–H groups in total. The lowest BCUT2D eigenvalue weighted by Gasteiger charge is -2.51. The van der Waals surface area contributed by atoms with Crippen molar-refractivity contribution in [2.75, 3.05) is 50.8 Å². The summed E-state index contributed by atoms with van der Waals surface area (Å²) in [7, 11) is 0. The molecule has 4 unspecified atom stereocenters. The minimum atomic E-state index is -0.742. The predicted octanol–water partition coefficient (Wildman–Crippen LogP) is 7.19. The number of hydrogen-bond donors (Lipinski definition) is 2. The van der Waals surface area contributed by atoms with E-state index in [1.165, 1.54) is 24.3 Å². The molecule has 330 valence electrons. The molecule has 5 aromatic rings. The van der Waals surface area contributed by atoms with Crippen LogP contribution in [0, 0.1) is 35.3 Å². The number of phenols is 1. The van der Waals surface area contributed by atoms with Crippen LogP contribution in [0.4, 0.5) is 14.6 Å². The number of rotatable bonds is 11. The number of nitrogens with zero attached hydrogens (tertiary/aromatic N) is 7. The minimum absolute atomic E-state index is 0.0227. The summed E-state index contributed by atoms with van der Waals surface area (Å²) < 4.78 is 50.2. The fourth-order valence-electron chi connectivity index (χ4n) is 11.0. The molecule has 4 aliphatic heterocycles. The van der Waals surface area contributed by atoms with Gasteiger partial charge in [0.2, 0.25) is 5.91 Å². The first-order valence-electron chi connectivity index (χ1n) is 22.5. The van der Waals surface area contributed by atoms with E-state index in [4.69, 9.17) is 25.4 Å². The zero-order chi connectivity index (χ0) is 43.6. The Hall–Kier alpha value is -5.59. The van der Waals surface area contributed by atoms with Gasteiger partial charge in [0.25, 0.3) is 5.88 Å². The zero-order valence-corrected chi connectivity index (χ0v) is 36.1. The number of carbonyl (C=O) groups excluding carboxylic acids is 1. The molecule has 5 fully saturated rings. The summed E-state index contributed by atoms with van der Waals surface area (Å²) in [5, 5.41) is 19.7. The number of amides is 1. The average Bonchev–Trinajstić information content (AvgIpc) is 3.99. The summed E-state index contributed by atoms with van der Waals surface area (Å²) >= 11 is 0. The van der Waals surface area contributed by atoms with E-state index in [2.05, 4.69) is 43.1 Å². The molecule has 2 bridgehead atoms. The van der Waals surface area contributed by atoms with Crippen LogP contribution in [-0.2, 0) is 4.79 Å². The molecule has 13 nitrogen and oxygen atoms in total. The molecule has 63 heavy (non-hydrogen) atoms. The third-order valence-electron chi connectivity index (χ3n) is 14.4. The summed E-state index contributed by atoms with van der Waals surface area (Å²) in [6.07, 6.45) is 15.5. The number of likely N-dealkylation sites (tertiary alicyclic amines) is 2. The number of carbonyl (C=O) groups is 1. The lowest BCUT2D eigenvalue weighted by Crippen LogP contribution is -2.51. The van der Waals surface area contributed by atoms with Crippen molar-refractivity contribution in [2.45, 2.75) is 102 Å². The molecule has 3 aromatic heterocycles. The van der Waals surface area contributed by atoms with Crippen LogP contribution in [0.25, 0.3) is 32.9 Å². The molecule has 1 aliphatic carbocycles. The highest BCUT2D eigenvalue weighted by Crippen LogP contribution is 2.50. The van der Waals surface area contributed by atoms with Crippen molar-refractivity contribution >= 4 is 33.4 Å². The first-order valence-corrected chi connectivity index (χ1v) is 22.5. The summed E-state index contributed by atoms with van der Waals surface area (Å²) in [5.41, 5.74) is 0.243. The Morgan fingerprint density at radius 1 is 1.08 bits per heavy atom. The van der Waals surface area contributed by atoms with E-state index in [1.54, 1.807) is 6.20 Å². The molecular formula is C48H54F2N8O5. The number of aromatic nitrogens is 4. The van der Waals surface area contributed by atoms with E-state index in [0.717, 1.165) is 71.0 Å². The molecule has 1 saturated carbocycles. The fourth-order valence-corrected chi connectivity index (χ4v) is 11.0. The Bertz CT molecular complexity index is 2590. The highest BCUT2D eigenvalue weighted by Gasteiger charge is 2.47. The summed E-state index contributed by atoms with van der Waals surface area (Å²) in [5.74, 6) is 2.26. The quantitative estimate of drug-likeness (QED) is 0.130. The molecule has 4 saturated heterocycles. The van der Waals surface area contributed by atoms with Crippen molar-refractivity contribution < 1.29 is 32.7 Å². The average molecular weight is 861 g/mol. The number of ether oxygens (including phenoxy) is 2. The maximum absolute atomic E-state index is 17.0. The Labute approximate surface area is 365 Å². The second-order valence-electron chi connectivity index (χ2n) is 18.9. The number of fused-ring (bicyclic) bond motifs is 4. The number of phenolic OH excluding ortho intramolecular Hbond substituents is 1. The SMILES string of the molecule is C#Cc1c(F)ccc2cc(O)cc(-c3ncc4c(N5CC6CCC(C5)N6)nc(OCCN5CCC6(CC5)CC(Oc5cc(C(C(=O)N7CCCC7C)C(C)C)on5)C6)nc4c3F)c12. The van der Waals surface area contributed by atoms with Crippen molar-refractivity contribution in [3.05, 3.63) is 59.5 Å². The standard InChI is InChI=1S/C48H54F2N8O5/c1-5-34-37(49)11-8-29-19-32(59)20-35(41(29)34)43-42(50)44-36(24-51-43)45(57-25-30-9-10-31(26-57)52-30)54-47(53-44)61-18-17-56-15-12-48(13-16-56)22-33(23-48)62-39-21-38(63-55-39)40(27(2)3)46(60)58-14-6-7-28(58)4/h1,8,11,19-21,24,27-28,30-31,33,40,52,59H,6-7,9-10,12-18,22-23,25-26H2,2-4H3. The van der Waals surface area contributed by atoms with Gasteiger partial charge in [-0.25, -0.2) is 8.78 Å². The molecule has 5 aliphatic rings. The van der Waals surface area contributed by atoms with Gasteiger partial charge in [-0.05, 0) is 111 Å². The van der Waals surface area contributed by atoms with Gasteiger partial charge in [0.1, 0.15) is 47.2 Å². The van der Waals surface area contributed by atoms with Gasteiger partial charge in [0.15, 0.2) is 11.6 Å². The number of anilines is 1. The van der Waals surface area contributed by atoms with Crippen molar-refractivity contribution in [3.8, 4) is 41.2 Å². The van der Waals surface area contributed by atoms with Crippen molar-refractivity contribution in [3.63, 3.8) is 0 Å². The van der Waals surface area contributed by atoms with Crippen molar-refractivity contribution in [2.24, 2.45) is 11.3 Å². The number of halogens is 2. The van der Waals surface area contributed by atoms with E-state index in [0.29, 0.717) is 66.6 Å². The number of terminal acetylenes is 1. The number of benzene rings is 2. The van der Waals surface area contributed by atoms with Crippen LogP contribution in [0.1, 0.15) is 89.4 Å². The normalized spacial score (nSPS) is 22.8.